The topological polar surface area (TPSA) is 69.7 Å². The summed E-state index contributed by atoms with van der Waals surface area (Å²) in [7, 11) is -1.64. The van der Waals surface area contributed by atoms with Crippen LogP contribution in [0.1, 0.15) is 0 Å². The summed E-state index contributed by atoms with van der Waals surface area (Å²) >= 11 is 6.39. The molecule has 0 bridgehead atoms. The average molecular weight is 408 g/mol. The Kier molecular flexibility index (Phi) is 6.04. The van der Waals surface area contributed by atoms with E-state index in [0.29, 0.717) is 10.7 Å². The molecule has 1 aliphatic heterocycles. The van der Waals surface area contributed by atoms with Crippen LogP contribution in [0, 0.1) is 0 Å². The quantitative estimate of drug-likeness (QED) is 0.824. The first-order chi connectivity index (χ1) is 12.9. The number of piperazine rings is 1. The summed E-state index contributed by atoms with van der Waals surface area (Å²) in [6, 6.07) is 13.2. The third kappa shape index (κ3) is 4.80. The molecule has 0 saturated carbocycles. The van der Waals surface area contributed by atoms with E-state index in [0.717, 1.165) is 31.9 Å². The molecule has 0 atom stereocenters. The molecule has 27 heavy (non-hydrogen) atoms. The average Bonchev–Trinajstić information content (AvgIpc) is 2.63. The molecular weight excluding hydrogens is 386 g/mol. The molecule has 2 aromatic carbocycles. The van der Waals surface area contributed by atoms with E-state index in [9.17, 15) is 13.2 Å². The number of para-hydroxylation sites is 1. The highest BCUT2D eigenvalue weighted by Gasteiger charge is 2.23. The Morgan fingerprint density at radius 3 is 2.37 bits per heavy atom. The minimum Gasteiger partial charge on any atom is -0.366 e. The third-order valence-electron chi connectivity index (χ3n) is 4.50. The molecule has 1 aliphatic rings. The number of benzene rings is 2. The molecule has 1 N–H and O–H groups in total. The van der Waals surface area contributed by atoms with Gasteiger partial charge in [0, 0.05) is 26.2 Å². The van der Waals surface area contributed by atoms with E-state index in [1.807, 2.05) is 0 Å². The van der Waals surface area contributed by atoms with Crippen molar-refractivity contribution >= 4 is 38.7 Å². The smallest absolute Gasteiger partial charge is 0.240 e. The monoisotopic (exact) mass is 407 g/mol. The SMILES string of the molecule is CN1CCN(c2c(Cl)cccc2NC(=O)CS(=O)(=O)c2ccccc2)CC1. The van der Waals surface area contributed by atoms with Gasteiger partial charge in [-0.1, -0.05) is 35.9 Å². The van der Waals surface area contributed by atoms with E-state index in [1.165, 1.54) is 12.1 Å². The molecule has 0 spiro atoms. The van der Waals surface area contributed by atoms with Crippen molar-refractivity contribution in [1.29, 1.82) is 0 Å². The van der Waals surface area contributed by atoms with Gasteiger partial charge in [-0.3, -0.25) is 4.79 Å². The van der Waals surface area contributed by atoms with Crippen LogP contribution in [0.25, 0.3) is 0 Å². The number of carbonyl (C=O) groups excluding carboxylic acids is 1. The van der Waals surface area contributed by atoms with Crippen LogP contribution in [0.15, 0.2) is 53.4 Å². The normalized spacial score (nSPS) is 15.6. The van der Waals surface area contributed by atoms with E-state index in [-0.39, 0.29) is 4.90 Å². The fourth-order valence-corrected chi connectivity index (χ4v) is 4.49. The summed E-state index contributed by atoms with van der Waals surface area (Å²) in [6.07, 6.45) is 0. The molecule has 1 saturated heterocycles. The molecule has 0 radical (unpaired) electrons. The predicted octanol–water partition coefficient (Wildman–Crippen LogP) is 2.50. The summed E-state index contributed by atoms with van der Waals surface area (Å²) in [6.45, 7) is 3.35. The minimum atomic E-state index is -3.70. The van der Waals surface area contributed by atoms with Crippen molar-refractivity contribution in [3.63, 3.8) is 0 Å². The van der Waals surface area contributed by atoms with Gasteiger partial charge in [-0.2, -0.15) is 0 Å². The van der Waals surface area contributed by atoms with Gasteiger partial charge in [-0.25, -0.2) is 8.42 Å². The maximum atomic E-state index is 12.4. The molecular formula is C19H22ClN3O3S. The zero-order valence-electron chi connectivity index (χ0n) is 15.1. The highest BCUT2D eigenvalue weighted by molar-refractivity contribution is 7.92. The molecule has 144 valence electrons. The second-order valence-corrected chi connectivity index (χ2v) is 8.94. The Hall–Kier alpha value is -2.09. The number of hydrogen-bond donors (Lipinski definition) is 1. The molecule has 8 heteroatoms. The Bertz CT molecular complexity index is 911. The number of amides is 1. The van der Waals surface area contributed by atoms with Gasteiger partial charge in [0.25, 0.3) is 0 Å². The Morgan fingerprint density at radius 1 is 1.04 bits per heavy atom. The lowest BCUT2D eigenvalue weighted by Gasteiger charge is -2.35. The molecule has 0 aromatic heterocycles. The van der Waals surface area contributed by atoms with Gasteiger partial charge in [0.2, 0.25) is 5.91 Å². The number of nitrogens with zero attached hydrogens (tertiary/aromatic N) is 2. The number of anilines is 2. The summed E-state index contributed by atoms with van der Waals surface area (Å²) in [5.74, 6) is -1.21. The molecule has 2 aromatic rings. The fraction of sp³-hybridized carbons (Fsp3) is 0.316. The van der Waals surface area contributed by atoms with Gasteiger partial charge in [0.15, 0.2) is 9.84 Å². The molecule has 0 unspecified atom stereocenters. The molecule has 0 aliphatic carbocycles. The zero-order valence-corrected chi connectivity index (χ0v) is 16.6. The van der Waals surface area contributed by atoms with Crippen molar-refractivity contribution in [1.82, 2.24) is 4.90 Å². The lowest BCUT2D eigenvalue weighted by atomic mass is 10.2. The van der Waals surface area contributed by atoms with Crippen LogP contribution in [0.2, 0.25) is 5.02 Å². The van der Waals surface area contributed by atoms with Crippen LogP contribution in [0.3, 0.4) is 0 Å². The predicted molar refractivity (Wildman–Crippen MR) is 108 cm³/mol. The number of nitrogens with one attached hydrogen (secondary N) is 1. The van der Waals surface area contributed by atoms with Crippen LogP contribution >= 0.6 is 11.6 Å². The largest absolute Gasteiger partial charge is 0.366 e. The Morgan fingerprint density at radius 2 is 1.70 bits per heavy atom. The first-order valence-electron chi connectivity index (χ1n) is 8.66. The van der Waals surface area contributed by atoms with Gasteiger partial charge in [-0.05, 0) is 31.3 Å². The standard InChI is InChI=1S/C19H22ClN3O3S/c1-22-10-12-23(13-11-22)19-16(20)8-5-9-17(19)21-18(24)14-27(25,26)15-6-3-2-4-7-15/h2-9H,10-14H2,1H3,(H,21,24). The van der Waals surface area contributed by atoms with Crippen molar-refractivity contribution in [3.8, 4) is 0 Å². The van der Waals surface area contributed by atoms with Crippen molar-refractivity contribution in [2.45, 2.75) is 4.90 Å². The second-order valence-electron chi connectivity index (χ2n) is 6.55. The van der Waals surface area contributed by atoms with Gasteiger partial charge < -0.3 is 15.1 Å². The Balaban J connectivity index is 1.78. The number of likely N-dealkylation sites (N-methyl/N-ethyl adjacent to an activating group) is 1. The fourth-order valence-electron chi connectivity index (χ4n) is 3.04. The van der Waals surface area contributed by atoms with Gasteiger partial charge >= 0.3 is 0 Å². The van der Waals surface area contributed by atoms with Crippen LogP contribution < -0.4 is 10.2 Å². The van der Waals surface area contributed by atoms with Crippen LogP contribution in [0.4, 0.5) is 11.4 Å². The van der Waals surface area contributed by atoms with E-state index in [4.69, 9.17) is 11.6 Å². The molecule has 1 fully saturated rings. The van der Waals surface area contributed by atoms with Crippen molar-refractivity contribution < 1.29 is 13.2 Å². The van der Waals surface area contributed by atoms with Gasteiger partial charge in [0.1, 0.15) is 5.75 Å². The zero-order chi connectivity index (χ0) is 19.4. The molecule has 1 amide bonds. The van der Waals surface area contributed by atoms with Gasteiger partial charge in [0.05, 0.1) is 21.3 Å². The van der Waals surface area contributed by atoms with E-state index in [2.05, 4.69) is 22.2 Å². The highest BCUT2D eigenvalue weighted by atomic mass is 35.5. The van der Waals surface area contributed by atoms with Gasteiger partial charge in [-0.15, -0.1) is 0 Å². The number of rotatable bonds is 5. The summed E-state index contributed by atoms with van der Waals surface area (Å²) in [5, 5.41) is 3.26. The molecule has 1 heterocycles. The van der Waals surface area contributed by atoms with E-state index in [1.54, 1.807) is 36.4 Å². The summed E-state index contributed by atoms with van der Waals surface area (Å²) < 4.78 is 24.8. The van der Waals surface area contributed by atoms with Crippen molar-refractivity contribution in [2.75, 3.05) is 49.2 Å². The second kappa shape index (κ2) is 8.29. The van der Waals surface area contributed by atoms with E-state index >= 15 is 0 Å². The maximum Gasteiger partial charge on any atom is 0.240 e. The van der Waals surface area contributed by atoms with Crippen LogP contribution in [-0.2, 0) is 14.6 Å². The number of halogens is 1. The third-order valence-corrected chi connectivity index (χ3v) is 6.44. The van der Waals surface area contributed by atoms with Crippen LogP contribution in [-0.4, -0.2) is 58.2 Å². The van der Waals surface area contributed by atoms with Crippen molar-refractivity contribution in [3.05, 3.63) is 53.6 Å². The molecule has 6 nitrogen and oxygen atoms in total. The lowest BCUT2D eigenvalue weighted by molar-refractivity contribution is -0.113. The van der Waals surface area contributed by atoms with Crippen molar-refractivity contribution in [2.24, 2.45) is 0 Å². The summed E-state index contributed by atoms with van der Waals surface area (Å²) in [4.78, 5) is 16.9. The number of carbonyl (C=O) groups is 1. The first-order valence-corrected chi connectivity index (χ1v) is 10.7. The minimum absolute atomic E-state index is 0.130. The number of hydrogen-bond acceptors (Lipinski definition) is 5. The first kappa shape index (κ1) is 19.7. The highest BCUT2D eigenvalue weighted by Crippen LogP contribution is 2.34. The molecule has 3 rings (SSSR count). The maximum absolute atomic E-state index is 12.4. The van der Waals surface area contributed by atoms with E-state index < -0.39 is 21.5 Å². The number of sulfone groups is 1. The lowest BCUT2D eigenvalue weighted by Crippen LogP contribution is -2.45. The van der Waals surface area contributed by atoms with Crippen LogP contribution in [0.5, 0.6) is 0 Å². The Labute approximate surface area is 164 Å². The summed E-state index contributed by atoms with van der Waals surface area (Å²) in [5.41, 5.74) is 1.26.